The van der Waals surface area contributed by atoms with Crippen LogP contribution in [0.5, 0.6) is 5.75 Å². The van der Waals surface area contributed by atoms with Gasteiger partial charge in [0.1, 0.15) is 0 Å². The SMILES string of the molecule is COc1c(Cl)cc(C(=O)N2CCN(CC(C)C)CC2)cc1Cl. The van der Waals surface area contributed by atoms with Gasteiger partial charge in [0.05, 0.1) is 17.2 Å². The average molecular weight is 345 g/mol. The lowest BCUT2D eigenvalue weighted by Gasteiger charge is -2.35. The van der Waals surface area contributed by atoms with Gasteiger partial charge in [-0.2, -0.15) is 0 Å². The molecule has 6 heteroatoms. The fourth-order valence-corrected chi connectivity index (χ4v) is 3.35. The molecule has 1 fully saturated rings. The summed E-state index contributed by atoms with van der Waals surface area (Å²) >= 11 is 12.2. The Labute approximate surface area is 141 Å². The maximum Gasteiger partial charge on any atom is 0.254 e. The first-order valence-corrected chi connectivity index (χ1v) is 8.22. The van der Waals surface area contributed by atoms with Gasteiger partial charge in [0.2, 0.25) is 0 Å². The van der Waals surface area contributed by atoms with Gasteiger partial charge in [-0.15, -0.1) is 0 Å². The minimum absolute atomic E-state index is 0.0318. The van der Waals surface area contributed by atoms with E-state index in [1.54, 1.807) is 12.1 Å². The largest absolute Gasteiger partial charge is 0.494 e. The van der Waals surface area contributed by atoms with Crippen LogP contribution in [0.4, 0.5) is 0 Å². The minimum Gasteiger partial charge on any atom is -0.494 e. The molecule has 1 aliphatic heterocycles. The van der Waals surface area contributed by atoms with Crippen molar-refractivity contribution in [1.82, 2.24) is 9.80 Å². The maximum absolute atomic E-state index is 12.6. The van der Waals surface area contributed by atoms with Gasteiger partial charge in [0, 0.05) is 38.3 Å². The third-order valence-corrected chi connectivity index (χ3v) is 4.29. The first kappa shape index (κ1) is 17.4. The van der Waals surface area contributed by atoms with E-state index in [2.05, 4.69) is 18.7 Å². The van der Waals surface area contributed by atoms with E-state index in [4.69, 9.17) is 27.9 Å². The minimum atomic E-state index is -0.0318. The first-order chi connectivity index (χ1) is 10.4. The van der Waals surface area contributed by atoms with Crippen molar-refractivity contribution < 1.29 is 9.53 Å². The van der Waals surface area contributed by atoms with Crippen LogP contribution < -0.4 is 4.74 Å². The van der Waals surface area contributed by atoms with Crippen molar-refractivity contribution in [2.24, 2.45) is 5.92 Å². The quantitative estimate of drug-likeness (QED) is 0.838. The van der Waals surface area contributed by atoms with Gasteiger partial charge in [-0.3, -0.25) is 9.69 Å². The normalized spacial score (nSPS) is 16.2. The lowest BCUT2D eigenvalue weighted by atomic mass is 10.1. The topological polar surface area (TPSA) is 32.8 Å². The Kier molecular flexibility index (Phi) is 5.95. The molecule has 0 radical (unpaired) electrons. The molecule has 22 heavy (non-hydrogen) atoms. The van der Waals surface area contributed by atoms with Crippen LogP contribution in [0.15, 0.2) is 12.1 Å². The van der Waals surface area contributed by atoms with E-state index < -0.39 is 0 Å². The van der Waals surface area contributed by atoms with Crippen LogP contribution in [0.2, 0.25) is 10.0 Å². The van der Waals surface area contributed by atoms with Crippen LogP contribution in [-0.4, -0.2) is 55.5 Å². The molecule has 0 bridgehead atoms. The Bertz CT molecular complexity index is 518. The van der Waals surface area contributed by atoms with Gasteiger partial charge < -0.3 is 9.64 Å². The predicted molar refractivity (Wildman–Crippen MR) is 90.2 cm³/mol. The van der Waals surface area contributed by atoms with Gasteiger partial charge in [-0.25, -0.2) is 0 Å². The van der Waals surface area contributed by atoms with E-state index >= 15 is 0 Å². The van der Waals surface area contributed by atoms with Gasteiger partial charge in [-0.1, -0.05) is 37.0 Å². The highest BCUT2D eigenvalue weighted by atomic mass is 35.5. The molecule has 0 atom stereocenters. The third kappa shape index (κ3) is 4.06. The number of rotatable bonds is 4. The second-order valence-electron chi connectivity index (χ2n) is 5.96. The molecule has 1 aliphatic rings. The third-order valence-electron chi connectivity index (χ3n) is 3.73. The van der Waals surface area contributed by atoms with Crippen molar-refractivity contribution in [3.8, 4) is 5.75 Å². The molecule has 0 N–H and O–H groups in total. The second-order valence-corrected chi connectivity index (χ2v) is 6.77. The standard InChI is InChI=1S/C16H22Cl2N2O2/c1-11(2)10-19-4-6-20(7-5-19)16(21)12-8-13(17)15(22-3)14(18)9-12/h8-9,11H,4-7,10H2,1-3H3. The molecule has 0 aliphatic carbocycles. The van der Waals surface area contributed by atoms with Crippen LogP contribution in [0.25, 0.3) is 0 Å². The highest BCUT2D eigenvalue weighted by molar-refractivity contribution is 6.37. The summed E-state index contributed by atoms with van der Waals surface area (Å²) in [5.41, 5.74) is 0.508. The molecule has 0 spiro atoms. The van der Waals surface area contributed by atoms with E-state index in [-0.39, 0.29) is 5.91 Å². The van der Waals surface area contributed by atoms with E-state index in [1.165, 1.54) is 7.11 Å². The zero-order valence-corrected chi connectivity index (χ0v) is 14.7. The summed E-state index contributed by atoms with van der Waals surface area (Å²) in [7, 11) is 1.50. The lowest BCUT2D eigenvalue weighted by molar-refractivity contribution is 0.0624. The summed E-state index contributed by atoms with van der Waals surface area (Å²) < 4.78 is 5.11. The van der Waals surface area contributed by atoms with E-state index in [0.717, 1.165) is 32.7 Å². The first-order valence-electron chi connectivity index (χ1n) is 7.47. The number of carbonyl (C=O) groups excluding carboxylic acids is 1. The van der Waals surface area contributed by atoms with Gasteiger partial charge >= 0.3 is 0 Å². The second kappa shape index (κ2) is 7.53. The molecule has 1 saturated heterocycles. The predicted octanol–water partition coefficient (Wildman–Crippen LogP) is 3.42. The number of hydrogen-bond acceptors (Lipinski definition) is 3. The molecule has 0 saturated carbocycles. The van der Waals surface area contributed by atoms with Crippen molar-refractivity contribution in [2.45, 2.75) is 13.8 Å². The van der Waals surface area contributed by atoms with E-state index in [9.17, 15) is 4.79 Å². The smallest absolute Gasteiger partial charge is 0.254 e. The Balaban J connectivity index is 2.04. The number of carbonyl (C=O) groups is 1. The number of ether oxygens (including phenoxy) is 1. The van der Waals surface area contributed by atoms with Crippen molar-refractivity contribution >= 4 is 29.1 Å². The van der Waals surface area contributed by atoms with Crippen LogP contribution in [0.1, 0.15) is 24.2 Å². The number of amides is 1. The molecule has 2 rings (SSSR count). The zero-order chi connectivity index (χ0) is 16.3. The van der Waals surface area contributed by atoms with Crippen molar-refractivity contribution in [3.05, 3.63) is 27.7 Å². The number of hydrogen-bond donors (Lipinski definition) is 0. The molecule has 1 heterocycles. The molecule has 1 amide bonds. The molecular formula is C16H22Cl2N2O2. The maximum atomic E-state index is 12.6. The van der Waals surface area contributed by atoms with Crippen molar-refractivity contribution in [1.29, 1.82) is 0 Å². The molecule has 122 valence electrons. The van der Waals surface area contributed by atoms with Gasteiger partial charge in [-0.05, 0) is 18.1 Å². The van der Waals surface area contributed by atoms with Gasteiger partial charge in [0.25, 0.3) is 5.91 Å². The number of piperazine rings is 1. The van der Waals surface area contributed by atoms with E-state index in [0.29, 0.717) is 27.3 Å². The molecule has 0 aromatic heterocycles. The molecule has 0 unspecified atom stereocenters. The number of benzene rings is 1. The molecular weight excluding hydrogens is 323 g/mol. The highest BCUT2D eigenvalue weighted by Gasteiger charge is 2.23. The van der Waals surface area contributed by atoms with Crippen molar-refractivity contribution in [3.63, 3.8) is 0 Å². The van der Waals surface area contributed by atoms with Crippen LogP contribution in [0, 0.1) is 5.92 Å². The van der Waals surface area contributed by atoms with Crippen LogP contribution in [0.3, 0.4) is 0 Å². The summed E-state index contributed by atoms with van der Waals surface area (Å²) in [6, 6.07) is 3.24. The average Bonchev–Trinajstić information content (AvgIpc) is 2.46. The summed E-state index contributed by atoms with van der Waals surface area (Å²) in [6.07, 6.45) is 0. The summed E-state index contributed by atoms with van der Waals surface area (Å²) in [6.45, 7) is 8.75. The number of halogens is 2. The zero-order valence-electron chi connectivity index (χ0n) is 13.2. The van der Waals surface area contributed by atoms with Crippen LogP contribution in [-0.2, 0) is 0 Å². The van der Waals surface area contributed by atoms with Crippen LogP contribution >= 0.6 is 23.2 Å². The Morgan fingerprint density at radius 3 is 2.18 bits per heavy atom. The molecule has 4 nitrogen and oxygen atoms in total. The number of nitrogens with zero attached hydrogens (tertiary/aromatic N) is 2. The Morgan fingerprint density at radius 2 is 1.73 bits per heavy atom. The molecule has 1 aromatic carbocycles. The summed E-state index contributed by atoms with van der Waals surface area (Å²) in [5, 5.41) is 0.716. The highest BCUT2D eigenvalue weighted by Crippen LogP contribution is 2.34. The van der Waals surface area contributed by atoms with Gasteiger partial charge in [0.15, 0.2) is 5.75 Å². The Hall–Kier alpha value is -0.970. The number of methoxy groups -OCH3 is 1. The fourth-order valence-electron chi connectivity index (χ4n) is 2.71. The molecule has 1 aromatic rings. The van der Waals surface area contributed by atoms with Crippen molar-refractivity contribution in [2.75, 3.05) is 39.8 Å². The lowest BCUT2D eigenvalue weighted by Crippen LogP contribution is -2.49. The van der Waals surface area contributed by atoms with E-state index in [1.807, 2.05) is 4.90 Å². The Morgan fingerprint density at radius 1 is 1.18 bits per heavy atom. The summed E-state index contributed by atoms with van der Waals surface area (Å²) in [5.74, 6) is 1.01. The fraction of sp³-hybridized carbons (Fsp3) is 0.562. The summed E-state index contributed by atoms with van der Waals surface area (Å²) in [4.78, 5) is 16.8. The monoisotopic (exact) mass is 344 g/mol.